The fourth-order valence-corrected chi connectivity index (χ4v) is 3.01. The quantitative estimate of drug-likeness (QED) is 0.445. The van der Waals surface area contributed by atoms with Crippen molar-refractivity contribution in [2.45, 2.75) is 19.9 Å². The largest absolute Gasteiger partial charge is 0.497 e. The number of rotatable bonds is 11. The van der Waals surface area contributed by atoms with E-state index in [2.05, 4.69) is 16.0 Å². The minimum Gasteiger partial charge on any atom is -0.497 e. The van der Waals surface area contributed by atoms with Gasteiger partial charge in [0.25, 0.3) is 11.8 Å². The SMILES string of the molecule is COc1ccc(C(=O)NCCNC(=O)C(NC(=O)c2cc(OC)cc(OC)c2)C(C)C)cc1. The summed E-state index contributed by atoms with van der Waals surface area (Å²) in [6, 6.07) is 10.8. The summed E-state index contributed by atoms with van der Waals surface area (Å²) in [6.07, 6.45) is 0. The van der Waals surface area contributed by atoms with Crippen LogP contribution in [-0.4, -0.2) is 58.2 Å². The van der Waals surface area contributed by atoms with E-state index in [0.717, 1.165) is 0 Å². The minimum absolute atomic E-state index is 0.157. The molecule has 1 unspecified atom stereocenters. The zero-order valence-corrected chi connectivity index (χ0v) is 19.6. The van der Waals surface area contributed by atoms with Crippen LogP contribution in [0.2, 0.25) is 0 Å². The number of carbonyl (C=O) groups is 3. The molecule has 2 rings (SSSR count). The van der Waals surface area contributed by atoms with Gasteiger partial charge in [-0.2, -0.15) is 0 Å². The normalized spacial score (nSPS) is 11.3. The van der Waals surface area contributed by atoms with Crippen LogP contribution in [0.25, 0.3) is 0 Å². The van der Waals surface area contributed by atoms with E-state index in [9.17, 15) is 14.4 Å². The fraction of sp³-hybridized carbons (Fsp3) is 0.375. The molecule has 0 fully saturated rings. The first kappa shape index (κ1) is 25.5. The first-order chi connectivity index (χ1) is 15.8. The van der Waals surface area contributed by atoms with Crippen LogP contribution >= 0.6 is 0 Å². The van der Waals surface area contributed by atoms with Crippen LogP contribution in [-0.2, 0) is 4.79 Å². The van der Waals surface area contributed by atoms with E-state index in [-0.39, 0.29) is 30.8 Å². The highest BCUT2D eigenvalue weighted by molar-refractivity contribution is 5.98. The lowest BCUT2D eigenvalue weighted by Crippen LogP contribution is -2.50. The predicted octanol–water partition coefficient (Wildman–Crippen LogP) is 2.01. The first-order valence-corrected chi connectivity index (χ1v) is 10.5. The Hall–Kier alpha value is -3.75. The van der Waals surface area contributed by atoms with Gasteiger partial charge in [0.05, 0.1) is 21.3 Å². The Morgan fingerprint density at radius 2 is 1.27 bits per heavy atom. The van der Waals surface area contributed by atoms with Crippen LogP contribution in [0.3, 0.4) is 0 Å². The van der Waals surface area contributed by atoms with Crippen molar-refractivity contribution in [3.05, 3.63) is 53.6 Å². The molecule has 0 aromatic heterocycles. The van der Waals surface area contributed by atoms with Gasteiger partial charge in [-0.15, -0.1) is 0 Å². The van der Waals surface area contributed by atoms with Crippen LogP contribution < -0.4 is 30.2 Å². The smallest absolute Gasteiger partial charge is 0.252 e. The topological polar surface area (TPSA) is 115 Å². The third kappa shape index (κ3) is 7.41. The van der Waals surface area contributed by atoms with Crippen molar-refractivity contribution in [2.75, 3.05) is 34.4 Å². The average molecular weight is 458 g/mol. The summed E-state index contributed by atoms with van der Waals surface area (Å²) in [5.41, 5.74) is 0.805. The molecular weight excluding hydrogens is 426 g/mol. The number of ether oxygens (including phenoxy) is 3. The lowest BCUT2D eigenvalue weighted by atomic mass is 10.0. The second kappa shape index (κ2) is 12.3. The maximum absolute atomic E-state index is 12.8. The van der Waals surface area contributed by atoms with Gasteiger partial charge in [-0.3, -0.25) is 14.4 Å². The average Bonchev–Trinajstić information content (AvgIpc) is 2.83. The molecule has 3 N–H and O–H groups in total. The molecule has 0 radical (unpaired) electrons. The van der Waals surface area contributed by atoms with Crippen LogP contribution in [0, 0.1) is 5.92 Å². The van der Waals surface area contributed by atoms with Crippen molar-refractivity contribution >= 4 is 17.7 Å². The Balaban J connectivity index is 1.90. The third-order valence-corrected chi connectivity index (χ3v) is 4.91. The Kier molecular flexibility index (Phi) is 9.53. The van der Waals surface area contributed by atoms with Gasteiger partial charge in [-0.05, 0) is 42.3 Å². The molecule has 0 saturated carbocycles. The van der Waals surface area contributed by atoms with E-state index in [1.165, 1.54) is 14.2 Å². The monoisotopic (exact) mass is 457 g/mol. The van der Waals surface area contributed by atoms with Crippen molar-refractivity contribution in [2.24, 2.45) is 5.92 Å². The lowest BCUT2D eigenvalue weighted by molar-refractivity contribution is -0.123. The summed E-state index contributed by atoms with van der Waals surface area (Å²) in [7, 11) is 4.54. The highest BCUT2D eigenvalue weighted by atomic mass is 16.5. The molecule has 178 valence electrons. The van der Waals surface area contributed by atoms with Gasteiger partial charge in [0.1, 0.15) is 23.3 Å². The molecule has 3 amide bonds. The Morgan fingerprint density at radius 1 is 0.727 bits per heavy atom. The number of hydrogen-bond donors (Lipinski definition) is 3. The van der Waals surface area contributed by atoms with Crippen molar-refractivity contribution in [3.8, 4) is 17.2 Å². The number of methoxy groups -OCH3 is 3. The second-order valence-electron chi connectivity index (χ2n) is 7.57. The molecule has 2 aromatic rings. The van der Waals surface area contributed by atoms with Gasteiger partial charge in [0.15, 0.2) is 0 Å². The zero-order chi connectivity index (χ0) is 24.4. The van der Waals surface area contributed by atoms with Crippen molar-refractivity contribution in [1.29, 1.82) is 0 Å². The van der Waals surface area contributed by atoms with E-state index in [0.29, 0.717) is 28.4 Å². The summed E-state index contributed by atoms with van der Waals surface area (Å²) >= 11 is 0. The van der Waals surface area contributed by atoms with Gasteiger partial charge >= 0.3 is 0 Å². The van der Waals surface area contributed by atoms with E-state index >= 15 is 0 Å². The number of amides is 3. The number of hydrogen-bond acceptors (Lipinski definition) is 6. The molecule has 9 heteroatoms. The number of nitrogens with one attached hydrogen (secondary N) is 3. The Morgan fingerprint density at radius 3 is 1.79 bits per heavy atom. The zero-order valence-electron chi connectivity index (χ0n) is 19.6. The Bertz CT molecular complexity index is 937. The van der Waals surface area contributed by atoms with Gasteiger partial charge in [0, 0.05) is 30.3 Å². The van der Waals surface area contributed by atoms with E-state index in [4.69, 9.17) is 14.2 Å². The molecule has 2 aromatic carbocycles. The summed E-state index contributed by atoms with van der Waals surface area (Å²) < 4.78 is 15.5. The molecule has 0 aliphatic rings. The second-order valence-corrected chi connectivity index (χ2v) is 7.57. The lowest BCUT2D eigenvalue weighted by Gasteiger charge is -2.22. The molecule has 9 nitrogen and oxygen atoms in total. The summed E-state index contributed by atoms with van der Waals surface area (Å²) in [6.45, 7) is 4.12. The van der Waals surface area contributed by atoms with E-state index in [1.807, 2.05) is 13.8 Å². The molecule has 33 heavy (non-hydrogen) atoms. The predicted molar refractivity (Wildman–Crippen MR) is 124 cm³/mol. The van der Waals surface area contributed by atoms with Gasteiger partial charge < -0.3 is 30.2 Å². The molecular formula is C24H31N3O6. The van der Waals surface area contributed by atoms with Crippen LogP contribution in [0.1, 0.15) is 34.6 Å². The molecule has 0 bridgehead atoms. The van der Waals surface area contributed by atoms with Crippen molar-refractivity contribution in [1.82, 2.24) is 16.0 Å². The fourth-order valence-electron chi connectivity index (χ4n) is 3.01. The molecule has 0 aliphatic carbocycles. The molecule has 0 saturated heterocycles. The maximum atomic E-state index is 12.8. The summed E-state index contributed by atoms with van der Waals surface area (Å²) in [5, 5.41) is 8.26. The Labute approximate surface area is 193 Å². The third-order valence-electron chi connectivity index (χ3n) is 4.91. The summed E-state index contributed by atoms with van der Waals surface area (Å²) in [4.78, 5) is 37.6. The van der Waals surface area contributed by atoms with Crippen molar-refractivity contribution in [3.63, 3.8) is 0 Å². The maximum Gasteiger partial charge on any atom is 0.252 e. The first-order valence-electron chi connectivity index (χ1n) is 10.5. The molecule has 1 atom stereocenters. The van der Waals surface area contributed by atoms with E-state index in [1.54, 1.807) is 49.6 Å². The highest BCUT2D eigenvalue weighted by Crippen LogP contribution is 2.22. The van der Waals surface area contributed by atoms with Gasteiger partial charge in [-0.1, -0.05) is 13.8 Å². The molecule has 0 spiro atoms. The minimum atomic E-state index is -0.757. The van der Waals surface area contributed by atoms with Gasteiger partial charge in [-0.25, -0.2) is 0 Å². The molecule has 0 heterocycles. The summed E-state index contributed by atoms with van der Waals surface area (Å²) in [5.74, 6) is 0.423. The standard InChI is InChI=1S/C24H31N3O6/c1-15(2)21(27-23(29)17-12-19(32-4)14-20(13-17)33-5)24(30)26-11-10-25-22(28)16-6-8-18(31-3)9-7-16/h6-9,12-15,21H,10-11H2,1-5H3,(H,25,28)(H,26,30)(H,27,29). The molecule has 0 aliphatic heterocycles. The van der Waals surface area contributed by atoms with Crippen LogP contribution in [0.5, 0.6) is 17.2 Å². The number of benzene rings is 2. The van der Waals surface area contributed by atoms with E-state index < -0.39 is 11.9 Å². The van der Waals surface area contributed by atoms with Crippen molar-refractivity contribution < 1.29 is 28.6 Å². The van der Waals surface area contributed by atoms with Crippen LogP contribution in [0.15, 0.2) is 42.5 Å². The highest BCUT2D eigenvalue weighted by Gasteiger charge is 2.25. The van der Waals surface area contributed by atoms with Crippen LogP contribution in [0.4, 0.5) is 0 Å². The number of carbonyl (C=O) groups excluding carboxylic acids is 3. The van der Waals surface area contributed by atoms with Gasteiger partial charge in [0.2, 0.25) is 5.91 Å².